The molecule has 0 amide bonds. The molecule has 0 spiro atoms. The highest BCUT2D eigenvalue weighted by molar-refractivity contribution is 5.03. The lowest BCUT2D eigenvalue weighted by Crippen LogP contribution is -2.15. The Kier molecular flexibility index (Phi) is 4.05. The zero-order valence-electron chi connectivity index (χ0n) is 6.96. The molecule has 10 heavy (non-hydrogen) atoms. The van der Waals surface area contributed by atoms with Crippen LogP contribution < -0.4 is 0 Å². The van der Waals surface area contributed by atoms with E-state index in [0.717, 1.165) is 5.57 Å². The summed E-state index contributed by atoms with van der Waals surface area (Å²) in [7, 11) is 0. The monoisotopic (exact) mass is 140 g/mol. The largest absolute Gasteiger partial charge is 0.388 e. The van der Waals surface area contributed by atoms with Crippen LogP contribution in [0.1, 0.15) is 20.8 Å². The van der Waals surface area contributed by atoms with Crippen molar-refractivity contribution in [2.75, 3.05) is 0 Å². The summed E-state index contributed by atoms with van der Waals surface area (Å²) in [6.07, 6.45) is 3.52. The van der Waals surface area contributed by atoms with Crippen molar-refractivity contribution in [3.63, 3.8) is 0 Å². The van der Waals surface area contributed by atoms with E-state index >= 15 is 0 Å². The van der Waals surface area contributed by atoms with E-state index in [1.807, 2.05) is 32.9 Å². The second-order valence-electron chi connectivity index (χ2n) is 2.68. The van der Waals surface area contributed by atoms with E-state index in [4.69, 9.17) is 0 Å². The average molecular weight is 140 g/mol. The second kappa shape index (κ2) is 4.29. The number of hydrogen-bond donors (Lipinski definition) is 1. The van der Waals surface area contributed by atoms with Crippen LogP contribution in [0.5, 0.6) is 0 Å². The van der Waals surface area contributed by atoms with Crippen LogP contribution in [0.25, 0.3) is 0 Å². The summed E-state index contributed by atoms with van der Waals surface area (Å²) in [5, 5.41) is 9.38. The van der Waals surface area contributed by atoms with Crippen molar-refractivity contribution < 1.29 is 5.11 Å². The molecule has 0 bridgehead atoms. The van der Waals surface area contributed by atoms with Gasteiger partial charge in [-0.15, -0.1) is 0 Å². The Balaban J connectivity index is 3.93. The highest BCUT2D eigenvalue weighted by Crippen LogP contribution is 2.11. The van der Waals surface area contributed by atoms with Crippen molar-refractivity contribution in [3.8, 4) is 0 Å². The first-order valence-corrected chi connectivity index (χ1v) is 3.56. The van der Waals surface area contributed by atoms with Crippen molar-refractivity contribution >= 4 is 0 Å². The number of allylic oxidation sites excluding steroid dienone is 1. The van der Waals surface area contributed by atoms with Crippen LogP contribution in [0.4, 0.5) is 0 Å². The SMILES string of the molecule is C=C(C)[C@H](O)[C@@H](C)/C=C/C. The molecule has 0 aliphatic rings. The van der Waals surface area contributed by atoms with E-state index in [2.05, 4.69) is 6.58 Å². The van der Waals surface area contributed by atoms with E-state index in [1.54, 1.807) is 0 Å². The Labute approximate surface area is 63.1 Å². The number of aliphatic hydroxyl groups excluding tert-OH is 1. The lowest BCUT2D eigenvalue weighted by atomic mass is 9.99. The summed E-state index contributed by atoms with van der Waals surface area (Å²) in [4.78, 5) is 0. The van der Waals surface area contributed by atoms with Gasteiger partial charge in [0.2, 0.25) is 0 Å². The van der Waals surface area contributed by atoms with Crippen molar-refractivity contribution in [2.24, 2.45) is 5.92 Å². The maximum Gasteiger partial charge on any atom is 0.0804 e. The van der Waals surface area contributed by atoms with Gasteiger partial charge in [-0.2, -0.15) is 0 Å². The molecule has 0 heterocycles. The molecule has 1 heteroatoms. The van der Waals surface area contributed by atoms with Crippen LogP contribution >= 0.6 is 0 Å². The van der Waals surface area contributed by atoms with Crippen LogP contribution in [0.15, 0.2) is 24.3 Å². The quantitative estimate of drug-likeness (QED) is 0.595. The first kappa shape index (κ1) is 9.44. The molecule has 1 nitrogen and oxygen atoms in total. The maximum atomic E-state index is 9.38. The van der Waals surface area contributed by atoms with Crippen molar-refractivity contribution in [2.45, 2.75) is 26.9 Å². The van der Waals surface area contributed by atoms with E-state index in [9.17, 15) is 5.11 Å². The Morgan fingerprint density at radius 1 is 1.60 bits per heavy atom. The van der Waals surface area contributed by atoms with Gasteiger partial charge in [-0.25, -0.2) is 0 Å². The molecule has 0 unspecified atom stereocenters. The van der Waals surface area contributed by atoms with Crippen molar-refractivity contribution in [3.05, 3.63) is 24.3 Å². The molecule has 0 aromatic carbocycles. The first-order valence-electron chi connectivity index (χ1n) is 3.56. The topological polar surface area (TPSA) is 20.2 Å². The third-order valence-electron chi connectivity index (χ3n) is 1.50. The molecule has 0 rings (SSSR count). The summed E-state index contributed by atoms with van der Waals surface area (Å²) < 4.78 is 0. The predicted molar refractivity (Wildman–Crippen MR) is 44.8 cm³/mol. The van der Waals surface area contributed by atoms with Gasteiger partial charge in [0.25, 0.3) is 0 Å². The standard InChI is InChI=1S/C9H16O/c1-5-6-8(4)9(10)7(2)3/h5-6,8-10H,2H2,1,3-4H3/b6-5+/t8-,9-/m0/s1. The lowest BCUT2D eigenvalue weighted by Gasteiger charge is -2.14. The zero-order chi connectivity index (χ0) is 8.15. The fraction of sp³-hybridized carbons (Fsp3) is 0.556. The molecule has 0 saturated heterocycles. The average Bonchev–Trinajstić information content (AvgIpc) is 1.87. The molecule has 1 N–H and O–H groups in total. The third-order valence-corrected chi connectivity index (χ3v) is 1.50. The molecule has 0 aromatic heterocycles. The first-order chi connectivity index (χ1) is 4.59. The minimum atomic E-state index is -0.392. The Morgan fingerprint density at radius 3 is 2.40 bits per heavy atom. The molecule has 0 fully saturated rings. The molecule has 0 aromatic rings. The van der Waals surface area contributed by atoms with Gasteiger partial charge in [0, 0.05) is 5.92 Å². The predicted octanol–water partition coefficient (Wildman–Crippen LogP) is 2.14. The molecule has 0 aliphatic carbocycles. The zero-order valence-corrected chi connectivity index (χ0v) is 6.96. The molecule has 58 valence electrons. The summed E-state index contributed by atoms with van der Waals surface area (Å²) >= 11 is 0. The minimum Gasteiger partial charge on any atom is -0.388 e. The van der Waals surface area contributed by atoms with Gasteiger partial charge in [-0.05, 0) is 13.8 Å². The molecule has 0 saturated carbocycles. The van der Waals surface area contributed by atoms with Gasteiger partial charge in [-0.1, -0.05) is 31.2 Å². The number of rotatable bonds is 3. The van der Waals surface area contributed by atoms with Gasteiger partial charge < -0.3 is 5.11 Å². The second-order valence-corrected chi connectivity index (χ2v) is 2.68. The van der Waals surface area contributed by atoms with Crippen molar-refractivity contribution in [1.82, 2.24) is 0 Å². The van der Waals surface area contributed by atoms with Crippen LogP contribution in [0.2, 0.25) is 0 Å². The molecular weight excluding hydrogens is 124 g/mol. The number of hydrogen-bond acceptors (Lipinski definition) is 1. The minimum absolute atomic E-state index is 0.183. The van der Waals surface area contributed by atoms with Crippen LogP contribution in [-0.2, 0) is 0 Å². The highest BCUT2D eigenvalue weighted by Gasteiger charge is 2.10. The summed E-state index contributed by atoms with van der Waals surface area (Å²) in [5.41, 5.74) is 0.825. The molecule has 0 radical (unpaired) electrons. The summed E-state index contributed by atoms with van der Waals surface area (Å²) in [6, 6.07) is 0. The van der Waals surface area contributed by atoms with E-state index in [0.29, 0.717) is 0 Å². The van der Waals surface area contributed by atoms with Crippen molar-refractivity contribution in [1.29, 1.82) is 0 Å². The van der Waals surface area contributed by atoms with Crippen LogP contribution in [0, 0.1) is 5.92 Å². The normalized spacial score (nSPS) is 17.2. The summed E-state index contributed by atoms with van der Waals surface area (Å²) in [6.45, 7) is 9.43. The maximum absolute atomic E-state index is 9.38. The summed E-state index contributed by atoms with van der Waals surface area (Å²) in [5.74, 6) is 0.183. The fourth-order valence-corrected chi connectivity index (χ4v) is 0.858. The van der Waals surface area contributed by atoms with Gasteiger partial charge >= 0.3 is 0 Å². The van der Waals surface area contributed by atoms with Crippen LogP contribution in [0.3, 0.4) is 0 Å². The van der Waals surface area contributed by atoms with Gasteiger partial charge in [0.05, 0.1) is 6.10 Å². The molecule has 0 aliphatic heterocycles. The van der Waals surface area contributed by atoms with Gasteiger partial charge in [-0.3, -0.25) is 0 Å². The Hall–Kier alpha value is -0.560. The highest BCUT2D eigenvalue weighted by atomic mass is 16.3. The smallest absolute Gasteiger partial charge is 0.0804 e. The van der Waals surface area contributed by atoms with E-state index in [1.165, 1.54) is 0 Å². The van der Waals surface area contributed by atoms with E-state index < -0.39 is 6.10 Å². The molecule has 2 atom stereocenters. The van der Waals surface area contributed by atoms with Crippen LogP contribution in [-0.4, -0.2) is 11.2 Å². The lowest BCUT2D eigenvalue weighted by molar-refractivity contribution is 0.173. The third kappa shape index (κ3) is 2.83. The van der Waals surface area contributed by atoms with Gasteiger partial charge in [0.1, 0.15) is 0 Å². The number of aliphatic hydroxyl groups is 1. The Bertz CT molecular complexity index is 136. The Morgan fingerprint density at radius 2 is 2.10 bits per heavy atom. The van der Waals surface area contributed by atoms with Gasteiger partial charge in [0.15, 0.2) is 0 Å². The van der Waals surface area contributed by atoms with E-state index in [-0.39, 0.29) is 5.92 Å². The fourth-order valence-electron chi connectivity index (χ4n) is 0.858. The molecular formula is C9H16O.